The Labute approximate surface area is 244 Å². The molecule has 2 aromatic heterocycles. The molecule has 13 nitrogen and oxygen atoms in total. The highest BCUT2D eigenvalue weighted by Gasteiger charge is 2.37. The second-order valence-electron chi connectivity index (χ2n) is 10.7. The number of aromatic amines is 1. The van der Waals surface area contributed by atoms with E-state index in [-0.39, 0.29) is 24.8 Å². The normalized spacial score (nSPS) is 18.1. The molecule has 2 unspecified atom stereocenters. The van der Waals surface area contributed by atoms with Crippen LogP contribution in [0.1, 0.15) is 30.0 Å². The Morgan fingerprint density at radius 2 is 2.05 bits per heavy atom. The van der Waals surface area contributed by atoms with E-state index >= 15 is 0 Å². The number of aromatic nitrogens is 4. The highest BCUT2D eigenvalue weighted by atomic mass is 16.5. The van der Waals surface area contributed by atoms with Gasteiger partial charge in [0.1, 0.15) is 6.61 Å². The minimum Gasteiger partial charge on any atom is -0.484 e. The van der Waals surface area contributed by atoms with Gasteiger partial charge in [-0.05, 0) is 30.0 Å². The van der Waals surface area contributed by atoms with E-state index in [2.05, 4.69) is 45.4 Å². The molecule has 1 saturated heterocycles. The number of terminal acetylenes is 1. The number of piperazine rings is 1. The van der Waals surface area contributed by atoms with Crippen LogP contribution < -0.4 is 19.9 Å². The fraction of sp³-hybridized carbons (Fsp3) is 0.448. The molecule has 2 aliphatic heterocycles. The number of aryl methyl sites for hydroxylation is 1. The number of rotatable bonds is 7. The van der Waals surface area contributed by atoms with Gasteiger partial charge in [0.25, 0.3) is 5.91 Å². The Balaban J connectivity index is 1.52. The molecule has 42 heavy (non-hydrogen) atoms. The van der Waals surface area contributed by atoms with Gasteiger partial charge in [-0.1, -0.05) is 6.07 Å². The summed E-state index contributed by atoms with van der Waals surface area (Å²) >= 11 is 0. The van der Waals surface area contributed by atoms with Crippen LogP contribution in [0.25, 0.3) is 10.9 Å². The molecule has 3 aromatic rings. The van der Waals surface area contributed by atoms with Gasteiger partial charge in [0.2, 0.25) is 17.6 Å². The summed E-state index contributed by atoms with van der Waals surface area (Å²) < 4.78 is 6.44. The third-order valence-electron chi connectivity index (χ3n) is 7.85. The zero-order chi connectivity index (χ0) is 30.0. The number of hydrogen-bond acceptors (Lipinski definition) is 10. The summed E-state index contributed by atoms with van der Waals surface area (Å²) in [6.07, 6.45) is 7.63. The summed E-state index contributed by atoms with van der Waals surface area (Å²) in [7, 11) is 5.41. The van der Waals surface area contributed by atoms with Crippen molar-refractivity contribution in [1.29, 1.82) is 5.26 Å². The summed E-state index contributed by atoms with van der Waals surface area (Å²) in [5.74, 6) is 3.74. The highest BCUT2D eigenvalue weighted by Crippen LogP contribution is 2.45. The predicted octanol–water partition coefficient (Wildman–Crippen LogP) is 1.69. The molecule has 1 fully saturated rings. The number of fused-ring (bicyclic) bond motifs is 2. The first-order chi connectivity index (χ1) is 20.2. The third-order valence-corrected chi connectivity index (χ3v) is 7.85. The molecule has 2 aliphatic rings. The van der Waals surface area contributed by atoms with Gasteiger partial charge in [0.05, 0.1) is 36.3 Å². The Kier molecular flexibility index (Phi) is 8.02. The second-order valence-corrected chi connectivity index (χ2v) is 10.7. The summed E-state index contributed by atoms with van der Waals surface area (Å²) in [6.45, 7) is 3.91. The van der Waals surface area contributed by atoms with E-state index in [0.29, 0.717) is 56.1 Å². The summed E-state index contributed by atoms with van der Waals surface area (Å²) in [5.41, 5.74) is 3.14. The van der Waals surface area contributed by atoms with Crippen LogP contribution >= 0.6 is 0 Å². The molecule has 2 atom stereocenters. The van der Waals surface area contributed by atoms with Crippen molar-refractivity contribution in [3.05, 3.63) is 29.5 Å². The lowest BCUT2D eigenvalue weighted by Gasteiger charge is -2.42. The van der Waals surface area contributed by atoms with Crippen molar-refractivity contribution in [2.24, 2.45) is 0 Å². The number of nitriles is 1. The number of amides is 2. The monoisotopic (exact) mass is 570 g/mol. The van der Waals surface area contributed by atoms with Gasteiger partial charge < -0.3 is 29.7 Å². The minimum absolute atomic E-state index is 0.0153. The number of ether oxygens (including phenoxy) is 1. The molecule has 2 amide bonds. The SMILES string of the molecule is C#CC(=O)N1CCN(c2nc(NCCC(=O)N(C)C)nc3c2OCC(c2c(C)ccc4[nH]ncc24)N3C)CC1CC#N. The van der Waals surface area contributed by atoms with Crippen molar-refractivity contribution in [2.75, 3.05) is 69.0 Å². The lowest BCUT2D eigenvalue weighted by Crippen LogP contribution is -2.55. The molecule has 0 bridgehead atoms. The highest BCUT2D eigenvalue weighted by molar-refractivity contribution is 5.93. The summed E-state index contributed by atoms with van der Waals surface area (Å²) in [5, 5.41) is 21.0. The average Bonchev–Trinajstić information content (AvgIpc) is 3.46. The molecule has 0 aliphatic carbocycles. The van der Waals surface area contributed by atoms with E-state index in [1.54, 1.807) is 19.0 Å². The predicted molar refractivity (Wildman–Crippen MR) is 158 cm³/mol. The lowest BCUT2D eigenvalue weighted by molar-refractivity contribution is -0.128. The smallest absolute Gasteiger partial charge is 0.298 e. The van der Waals surface area contributed by atoms with Crippen LogP contribution in [-0.2, 0) is 9.59 Å². The lowest BCUT2D eigenvalue weighted by atomic mass is 9.96. The molecule has 4 heterocycles. The molecular weight excluding hydrogens is 536 g/mol. The molecule has 0 saturated carbocycles. The first kappa shape index (κ1) is 28.5. The maximum absolute atomic E-state index is 12.4. The molecule has 218 valence electrons. The van der Waals surface area contributed by atoms with E-state index in [9.17, 15) is 14.9 Å². The van der Waals surface area contributed by atoms with Crippen molar-refractivity contribution in [1.82, 2.24) is 30.0 Å². The molecule has 0 radical (unpaired) electrons. The maximum Gasteiger partial charge on any atom is 0.298 e. The summed E-state index contributed by atoms with van der Waals surface area (Å²) in [6, 6.07) is 5.69. The average molecular weight is 571 g/mol. The number of benzene rings is 1. The number of carbonyl (C=O) groups is 2. The van der Waals surface area contributed by atoms with Gasteiger partial charge in [-0.25, -0.2) is 0 Å². The van der Waals surface area contributed by atoms with Crippen LogP contribution in [0.3, 0.4) is 0 Å². The Morgan fingerprint density at radius 3 is 2.79 bits per heavy atom. The second kappa shape index (κ2) is 11.8. The van der Waals surface area contributed by atoms with Gasteiger partial charge in [0.15, 0.2) is 11.6 Å². The van der Waals surface area contributed by atoms with Crippen molar-refractivity contribution in [3.63, 3.8) is 0 Å². The first-order valence-electron chi connectivity index (χ1n) is 13.8. The van der Waals surface area contributed by atoms with E-state index in [0.717, 1.165) is 22.0 Å². The number of nitrogens with one attached hydrogen (secondary N) is 2. The van der Waals surface area contributed by atoms with Gasteiger partial charge in [-0.3, -0.25) is 14.7 Å². The quantitative estimate of drug-likeness (QED) is 0.402. The maximum atomic E-state index is 12.4. The van der Waals surface area contributed by atoms with E-state index in [1.165, 1.54) is 4.90 Å². The van der Waals surface area contributed by atoms with Gasteiger partial charge in [-0.15, -0.1) is 6.42 Å². The van der Waals surface area contributed by atoms with Crippen LogP contribution in [0, 0.1) is 30.6 Å². The molecule has 0 spiro atoms. The van der Waals surface area contributed by atoms with Crippen LogP contribution in [-0.4, -0.2) is 102 Å². The topological polar surface area (TPSA) is 147 Å². The summed E-state index contributed by atoms with van der Waals surface area (Å²) in [4.78, 5) is 41.4. The molecule has 5 rings (SSSR count). The molecule has 2 N–H and O–H groups in total. The van der Waals surface area contributed by atoms with Gasteiger partial charge in [0, 0.05) is 59.1 Å². The van der Waals surface area contributed by atoms with Gasteiger partial charge in [-0.2, -0.15) is 20.3 Å². The zero-order valence-corrected chi connectivity index (χ0v) is 24.2. The number of nitrogens with zero attached hydrogens (tertiary/aromatic N) is 8. The zero-order valence-electron chi connectivity index (χ0n) is 24.2. The van der Waals surface area contributed by atoms with Crippen LogP contribution in [0.15, 0.2) is 18.3 Å². The van der Waals surface area contributed by atoms with Crippen molar-refractivity contribution in [2.45, 2.75) is 31.8 Å². The van der Waals surface area contributed by atoms with Gasteiger partial charge >= 0.3 is 0 Å². The Hall–Kier alpha value is -5.04. The largest absolute Gasteiger partial charge is 0.484 e. The van der Waals surface area contributed by atoms with Crippen LogP contribution in [0.2, 0.25) is 0 Å². The minimum atomic E-state index is -0.435. The van der Waals surface area contributed by atoms with E-state index in [1.807, 2.05) is 24.2 Å². The van der Waals surface area contributed by atoms with Crippen molar-refractivity contribution in [3.8, 4) is 24.2 Å². The molecule has 13 heteroatoms. The fourth-order valence-corrected chi connectivity index (χ4v) is 5.56. The number of anilines is 3. The number of carbonyl (C=O) groups excluding carboxylic acids is 2. The fourth-order valence-electron chi connectivity index (χ4n) is 5.56. The van der Waals surface area contributed by atoms with E-state index < -0.39 is 11.9 Å². The van der Waals surface area contributed by atoms with Crippen molar-refractivity contribution < 1.29 is 14.3 Å². The first-order valence-corrected chi connectivity index (χ1v) is 13.8. The van der Waals surface area contributed by atoms with Crippen LogP contribution in [0.5, 0.6) is 5.75 Å². The number of H-pyrrole nitrogens is 1. The molecule has 1 aromatic carbocycles. The number of hydrogen-bond donors (Lipinski definition) is 2. The Bertz CT molecular complexity index is 1590. The molecular formula is C29H34N10O3. The Morgan fingerprint density at radius 1 is 1.26 bits per heavy atom. The van der Waals surface area contributed by atoms with Crippen molar-refractivity contribution >= 4 is 40.3 Å². The third kappa shape index (κ3) is 5.33. The van der Waals surface area contributed by atoms with Crippen LogP contribution in [0.4, 0.5) is 17.6 Å². The van der Waals surface area contributed by atoms with E-state index in [4.69, 9.17) is 21.1 Å². The number of likely N-dealkylation sites (N-methyl/N-ethyl adjacent to an activating group) is 1. The standard InChI is InChI=1S/C29H34N10O3/c1-6-23(40)39-14-13-38(16-19(39)9-11-30)28-26-27(33-29(34-28)31-12-10-24(41)36(3)4)37(5)22(17-42-26)25-18(2)7-8-21-20(25)15-32-35-21/h1,7-8,15,19,22H,9-10,12-14,16-17H2,2-5H3,(H,32,35)(H,31,33,34).